The molecule has 0 radical (unpaired) electrons. The van der Waals surface area contributed by atoms with E-state index in [0.717, 1.165) is 71.6 Å². The maximum atomic E-state index is 7.74. The van der Waals surface area contributed by atoms with Gasteiger partial charge in [-0.05, 0) is 85.1 Å². The summed E-state index contributed by atoms with van der Waals surface area (Å²) in [5.74, 6) is 1.07. The van der Waals surface area contributed by atoms with Gasteiger partial charge in [-0.3, -0.25) is 18.1 Å². The number of rotatable bonds is 15. The van der Waals surface area contributed by atoms with E-state index >= 15 is 0 Å². The van der Waals surface area contributed by atoms with Crippen LogP contribution in [0.2, 0.25) is 0 Å². The second-order valence-corrected chi connectivity index (χ2v) is 22.0. The van der Waals surface area contributed by atoms with Crippen molar-refractivity contribution < 1.29 is 27.1 Å². The summed E-state index contributed by atoms with van der Waals surface area (Å²) in [6, 6.07) is 97.3. The lowest BCUT2D eigenvalue weighted by atomic mass is 9.66. The first-order chi connectivity index (χ1) is 40.0. The zero-order chi connectivity index (χ0) is 54.7. The quantitative estimate of drug-likeness (QED) is 0.0753. The second-order valence-electron chi connectivity index (χ2n) is 20.0. The summed E-state index contributed by atoms with van der Waals surface area (Å²) in [5, 5.41) is 3.87. The molecule has 0 amide bonds. The van der Waals surface area contributed by atoms with Crippen molar-refractivity contribution in [1.29, 1.82) is 0 Å². The molecule has 394 valence electrons. The van der Waals surface area contributed by atoms with Gasteiger partial charge in [0.15, 0.2) is 22.4 Å². The first-order valence-electron chi connectivity index (χ1n) is 27.1. The van der Waals surface area contributed by atoms with Crippen molar-refractivity contribution in [3.05, 3.63) is 361 Å². The van der Waals surface area contributed by atoms with Crippen molar-refractivity contribution in [3.8, 4) is 22.6 Å². The van der Waals surface area contributed by atoms with Crippen LogP contribution < -0.4 is 9.05 Å². The molecule has 11 aromatic rings. The summed E-state index contributed by atoms with van der Waals surface area (Å²) in [6.07, 6.45) is 8.00. The van der Waals surface area contributed by atoms with Crippen molar-refractivity contribution in [1.82, 2.24) is 0 Å². The summed E-state index contributed by atoms with van der Waals surface area (Å²) in [6.45, 7) is 6.83. The Hall–Kier alpha value is -8.54. The lowest BCUT2D eigenvalue weighted by Crippen LogP contribution is -2.49. The minimum atomic E-state index is -2.27. The van der Waals surface area contributed by atoms with Gasteiger partial charge in [0, 0.05) is 11.1 Å². The molecule has 0 aromatic heterocycles. The topological polar surface area (TPSA) is 55.4 Å². The normalized spacial score (nSPS) is 18.4. The van der Waals surface area contributed by atoms with Crippen LogP contribution in [-0.2, 0) is 40.5 Å². The molecule has 8 heteroatoms. The van der Waals surface area contributed by atoms with E-state index in [1.165, 1.54) is 0 Å². The van der Waals surface area contributed by atoms with Gasteiger partial charge >= 0.3 is 17.2 Å². The van der Waals surface area contributed by atoms with Gasteiger partial charge in [0.05, 0.1) is 0 Å². The van der Waals surface area contributed by atoms with E-state index in [9.17, 15) is 0 Å². The maximum Gasteiger partial charge on any atom is 0.400 e. The predicted molar refractivity (Wildman–Crippen MR) is 329 cm³/mol. The smallest absolute Gasteiger partial charge is 0.400 e. The van der Waals surface area contributed by atoms with E-state index < -0.39 is 39.6 Å². The van der Waals surface area contributed by atoms with Gasteiger partial charge in [0.25, 0.3) is 0 Å². The zero-order valence-electron chi connectivity index (χ0n) is 44.5. The fourth-order valence-electron chi connectivity index (χ4n) is 12.0. The molecule has 81 heavy (non-hydrogen) atoms. The predicted octanol–water partition coefficient (Wildman–Crippen LogP) is 19.4. The minimum Gasteiger partial charge on any atom is -0.426 e. The van der Waals surface area contributed by atoms with E-state index in [1.807, 2.05) is 122 Å². The van der Waals surface area contributed by atoms with Gasteiger partial charge < -0.3 is 9.05 Å². The minimum absolute atomic E-state index is 0.529. The maximum absolute atomic E-state index is 7.74. The molecule has 0 spiro atoms. The molecule has 2 heterocycles. The van der Waals surface area contributed by atoms with Crippen LogP contribution in [0.1, 0.15) is 45.9 Å². The van der Waals surface area contributed by atoms with Crippen LogP contribution in [0.3, 0.4) is 0 Å². The summed E-state index contributed by atoms with van der Waals surface area (Å²) >= 11 is 0. The molecule has 2 saturated heterocycles. The van der Waals surface area contributed by atoms with Crippen LogP contribution in [-0.4, -0.2) is 0 Å². The monoisotopic (exact) mass is 1090 g/mol. The van der Waals surface area contributed by atoms with Crippen molar-refractivity contribution in [2.45, 2.75) is 29.3 Å². The fraction of sp³-hybridized carbons (Fsp3) is 0.0685. The van der Waals surface area contributed by atoms with Crippen LogP contribution in [0.25, 0.3) is 32.7 Å². The van der Waals surface area contributed by atoms with E-state index in [4.69, 9.17) is 33.7 Å². The molecular weight excluding hydrogens is 1030 g/mol. The van der Waals surface area contributed by atoms with Gasteiger partial charge in [0.2, 0.25) is 0 Å². The molecule has 0 saturated carbocycles. The first kappa shape index (κ1) is 51.9. The Morgan fingerprint density at radius 1 is 0.346 bits per heavy atom. The average molecular weight is 1090 g/mol. The Morgan fingerprint density at radius 2 is 0.654 bits per heavy atom. The van der Waals surface area contributed by atoms with Crippen LogP contribution in [0, 0.1) is 0 Å². The highest BCUT2D eigenvalue weighted by Gasteiger charge is 2.68. The van der Waals surface area contributed by atoms with Crippen LogP contribution in [0.5, 0.6) is 11.5 Å². The number of hydrogen-bond acceptors (Lipinski definition) is 6. The Bertz CT molecular complexity index is 3840. The molecule has 2 fully saturated rings. The average Bonchev–Trinajstić information content (AvgIpc) is 4.28. The van der Waals surface area contributed by atoms with Crippen LogP contribution in [0.4, 0.5) is 0 Å². The number of allylic oxidation sites excluding steroid dienone is 3. The molecule has 0 aliphatic carbocycles. The zero-order valence-corrected chi connectivity index (χ0v) is 46.3. The third kappa shape index (κ3) is 8.75. The third-order valence-electron chi connectivity index (χ3n) is 15.5. The van der Waals surface area contributed by atoms with Gasteiger partial charge in [0.1, 0.15) is 11.5 Å². The molecule has 2 unspecified atom stereocenters. The summed E-state index contributed by atoms with van der Waals surface area (Å²) in [5.41, 5.74) is 3.34. The van der Waals surface area contributed by atoms with Crippen LogP contribution in [0.15, 0.2) is 322 Å². The summed E-state index contributed by atoms with van der Waals surface area (Å²) in [7, 11) is -4.52. The summed E-state index contributed by atoms with van der Waals surface area (Å²) < 4.78 is 45.9. The lowest BCUT2D eigenvalue weighted by Gasteiger charge is -2.43. The second kappa shape index (κ2) is 22.2. The lowest BCUT2D eigenvalue weighted by molar-refractivity contribution is 0.00346. The molecule has 13 rings (SSSR count). The van der Waals surface area contributed by atoms with E-state index in [0.29, 0.717) is 17.1 Å². The Morgan fingerprint density at radius 3 is 1.02 bits per heavy atom. The molecule has 6 nitrogen and oxygen atoms in total. The van der Waals surface area contributed by atoms with Gasteiger partial charge in [-0.1, -0.05) is 304 Å². The Labute approximate surface area is 475 Å². The van der Waals surface area contributed by atoms with Crippen molar-refractivity contribution >= 4 is 38.7 Å². The highest BCUT2D eigenvalue weighted by molar-refractivity contribution is 7.42. The van der Waals surface area contributed by atoms with Crippen molar-refractivity contribution in [2.75, 3.05) is 0 Å². The largest absolute Gasteiger partial charge is 0.426 e. The SMILES string of the molecule is C=C(/C=C\C=C/C)C1(c2ccccc2)OP(Oc2ccc3ccccc3c2-c2c(OP3OC(c4ccccc4)(c4ccccc4)C(c4ccccc4)(c4ccccc4)O3)ccc3ccccc23)OC1(c1ccccc1)c1ccccc1. The Kier molecular flexibility index (Phi) is 14.2. The first-order valence-corrected chi connectivity index (χ1v) is 29.3. The molecule has 11 aromatic carbocycles. The van der Waals surface area contributed by atoms with Crippen molar-refractivity contribution in [2.24, 2.45) is 0 Å². The Balaban J connectivity index is 1.02. The van der Waals surface area contributed by atoms with Crippen molar-refractivity contribution in [3.63, 3.8) is 0 Å². The van der Waals surface area contributed by atoms with E-state index in [1.54, 1.807) is 0 Å². The molecule has 0 bridgehead atoms. The highest BCUT2D eigenvalue weighted by atomic mass is 31.2. The van der Waals surface area contributed by atoms with Gasteiger partial charge in [-0.2, -0.15) is 0 Å². The third-order valence-corrected chi connectivity index (χ3v) is 17.9. The molecule has 2 atom stereocenters. The fourth-order valence-corrected chi connectivity index (χ4v) is 15.1. The van der Waals surface area contributed by atoms with Crippen LogP contribution >= 0.6 is 17.2 Å². The molecule has 2 aliphatic heterocycles. The van der Waals surface area contributed by atoms with E-state index in [-0.39, 0.29) is 0 Å². The standard InChI is InChI=1S/C73H56O6P2/c1-3-4-12-31-54(2)70(57-34-13-5-14-35-57)71(58-36-15-6-16-37-58,59-38-17-7-18-39-59)77-80(76-70)74-66-52-50-55-32-27-29-48-64(55)68(66)69-65-49-30-28-33-56(65)51-53-67(69)75-81-78-72(60-40-19-8-20-41-60,61-42-21-9-22-43-61)73(79-81,62-44-23-10-24-45-62)63-46-25-11-26-47-63/h3-53H,2H2,1H3/b4-3-,31-12-. The number of fused-ring (bicyclic) bond motifs is 2. The highest BCUT2D eigenvalue weighted by Crippen LogP contribution is 2.73. The van der Waals surface area contributed by atoms with Gasteiger partial charge in [-0.25, -0.2) is 0 Å². The molecular formula is C73H56O6P2. The summed E-state index contributed by atoms with van der Waals surface area (Å²) in [4.78, 5) is 0. The molecule has 2 aliphatic rings. The molecule has 0 N–H and O–H groups in total. The van der Waals surface area contributed by atoms with E-state index in [2.05, 4.69) is 194 Å². The van der Waals surface area contributed by atoms with Gasteiger partial charge in [-0.15, -0.1) is 0 Å². The number of benzene rings is 11. The number of hydrogen-bond donors (Lipinski definition) is 0.